The zero-order chi connectivity index (χ0) is 13.2. The molecule has 1 aliphatic heterocycles. The van der Waals surface area contributed by atoms with Crippen LogP contribution in [0.1, 0.15) is 42.1 Å². The minimum atomic E-state index is -0.194. The van der Waals surface area contributed by atoms with Crippen molar-refractivity contribution >= 4 is 17.2 Å². The van der Waals surface area contributed by atoms with Gasteiger partial charge < -0.3 is 4.90 Å². The topological polar surface area (TPSA) is 32.3 Å². The van der Waals surface area contributed by atoms with Crippen LogP contribution >= 0.6 is 11.3 Å². The highest BCUT2D eigenvalue weighted by molar-refractivity contribution is 7.12. The number of hydrogen-bond acceptors (Lipinski definition) is 3. The average molecular weight is 276 g/mol. The largest absolute Gasteiger partial charge is 0.320 e. The van der Waals surface area contributed by atoms with Crippen LogP contribution in [0.4, 0.5) is 0 Å². The lowest BCUT2D eigenvalue weighted by Crippen LogP contribution is -2.33. The van der Waals surface area contributed by atoms with Gasteiger partial charge in [0.05, 0.1) is 0 Å². The highest BCUT2D eigenvalue weighted by atomic mass is 32.1. The van der Waals surface area contributed by atoms with Crippen LogP contribution in [0, 0.1) is 18.8 Å². The van der Waals surface area contributed by atoms with Crippen LogP contribution in [0.25, 0.3) is 0 Å². The summed E-state index contributed by atoms with van der Waals surface area (Å²) in [7, 11) is 0. The fourth-order valence-electron chi connectivity index (χ4n) is 3.20. The van der Waals surface area contributed by atoms with Crippen LogP contribution < -0.4 is 5.32 Å². The number of thiophene rings is 1. The first-order valence-electron chi connectivity index (χ1n) is 7.24. The predicted molar refractivity (Wildman–Crippen MR) is 75.9 cm³/mol. The van der Waals surface area contributed by atoms with Gasteiger partial charge in [-0.05, 0) is 50.2 Å². The molecule has 2 heterocycles. The summed E-state index contributed by atoms with van der Waals surface area (Å²) in [5, 5.41) is 3.61. The monoisotopic (exact) mass is 276 g/mol. The summed E-state index contributed by atoms with van der Waals surface area (Å²) < 4.78 is 0. The van der Waals surface area contributed by atoms with Crippen LogP contribution in [-0.4, -0.2) is 22.9 Å². The molecule has 2 saturated carbocycles. The molecule has 4 heteroatoms. The van der Waals surface area contributed by atoms with Gasteiger partial charge in [-0.2, -0.15) is 0 Å². The van der Waals surface area contributed by atoms with Gasteiger partial charge in [-0.25, -0.2) is 0 Å². The number of hydrogen-bond donors (Lipinski definition) is 1. The second-order valence-corrected chi connectivity index (χ2v) is 7.83. The highest BCUT2D eigenvalue weighted by Crippen LogP contribution is 2.49. The molecule has 1 aromatic rings. The van der Waals surface area contributed by atoms with E-state index >= 15 is 0 Å². The zero-order valence-corrected chi connectivity index (χ0v) is 12.3. The van der Waals surface area contributed by atoms with E-state index in [9.17, 15) is 4.79 Å². The molecular formula is C15H20N2OS. The minimum Gasteiger partial charge on any atom is -0.320 e. The molecule has 3 unspecified atom stereocenters. The third-order valence-corrected chi connectivity index (χ3v) is 5.94. The Kier molecular flexibility index (Phi) is 2.40. The van der Waals surface area contributed by atoms with Gasteiger partial charge >= 0.3 is 0 Å². The Hall–Kier alpha value is -0.870. The number of carbonyl (C=O) groups excluding carboxylic acids is 1. The van der Waals surface area contributed by atoms with Gasteiger partial charge in [0.25, 0.3) is 0 Å². The summed E-state index contributed by atoms with van der Waals surface area (Å²) in [6, 6.07) is 4.33. The average Bonchev–Trinajstić information content (AvgIpc) is 3.23. The molecule has 1 spiro atoms. The molecule has 3 fully saturated rings. The molecule has 1 N–H and O–H groups in total. The second kappa shape index (κ2) is 3.83. The number of carbonyl (C=O) groups is 1. The Labute approximate surface area is 118 Å². The van der Waals surface area contributed by atoms with E-state index in [-0.39, 0.29) is 11.7 Å². The number of nitrogens with one attached hydrogen (secondary N) is 1. The van der Waals surface area contributed by atoms with Crippen molar-refractivity contribution in [3.63, 3.8) is 0 Å². The summed E-state index contributed by atoms with van der Waals surface area (Å²) in [6.45, 7) is 5.36. The number of amides is 1. The maximum absolute atomic E-state index is 12.6. The normalized spacial score (nSPS) is 35.2. The van der Waals surface area contributed by atoms with E-state index in [1.807, 2.05) is 11.3 Å². The molecule has 102 valence electrons. The fourth-order valence-corrected chi connectivity index (χ4v) is 4.14. The summed E-state index contributed by atoms with van der Waals surface area (Å²) >= 11 is 1.81. The Bertz CT molecular complexity index is 534. The second-order valence-electron chi connectivity index (χ2n) is 6.51. The quantitative estimate of drug-likeness (QED) is 0.920. The summed E-state index contributed by atoms with van der Waals surface area (Å²) in [5.74, 6) is 1.88. The molecule has 0 radical (unpaired) electrons. The molecule has 19 heavy (non-hydrogen) atoms. The molecule has 3 nitrogen and oxygen atoms in total. The van der Waals surface area contributed by atoms with Gasteiger partial charge in [0.1, 0.15) is 11.7 Å². The van der Waals surface area contributed by atoms with Gasteiger partial charge in [-0.3, -0.25) is 10.1 Å². The summed E-state index contributed by atoms with van der Waals surface area (Å²) in [6.07, 6.45) is 3.45. The lowest BCUT2D eigenvalue weighted by molar-refractivity contribution is -0.131. The van der Waals surface area contributed by atoms with E-state index in [4.69, 9.17) is 0 Å². The first-order chi connectivity index (χ1) is 9.09. The molecule has 2 aliphatic carbocycles. The lowest BCUT2D eigenvalue weighted by Gasteiger charge is -2.23. The van der Waals surface area contributed by atoms with Crippen LogP contribution in [0.15, 0.2) is 12.1 Å². The third-order valence-electron chi connectivity index (χ3n) is 4.88. The molecular weight excluding hydrogens is 256 g/mol. The van der Waals surface area contributed by atoms with Crippen molar-refractivity contribution in [2.45, 2.75) is 44.8 Å². The van der Waals surface area contributed by atoms with Crippen LogP contribution in [0.2, 0.25) is 0 Å². The Morgan fingerprint density at radius 1 is 1.47 bits per heavy atom. The maximum atomic E-state index is 12.6. The molecule has 1 saturated heterocycles. The van der Waals surface area contributed by atoms with Crippen LogP contribution in [0.3, 0.4) is 0 Å². The molecule has 3 atom stereocenters. The van der Waals surface area contributed by atoms with Crippen LogP contribution in [-0.2, 0) is 4.79 Å². The van der Waals surface area contributed by atoms with E-state index in [0.717, 1.165) is 31.2 Å². The van der Waals surface area contributed by atoms with Gasteiger partial charge in [-0.1, -0.05) is 6.92 Å². The number of rotatable bonds is 3. The Morgan fingerprint density at radius 2 is 2.21 bits per heavy atom. The maximum Gasteiger partial charge on any atom is 0.244 e. The smallest absolute Gasteiger partial charge is 0.244 e. The van der Waals surface area contributed by atoms with Crippen molar-refractivity contribution in [2.24, 2.45) is 11.8 Å². The van der Waals surface area contributed by atoms with E-state index in [1.165, 1.54) is 16.2 Å². The van der Waals surface area contributed by atoms with E-state index in [2.05, 4.69) is 36.2 Å². The number of aryl methyl sites for hydroxylation is 1. The third kappa shape index (κ3) is 1.84. The van der Waals surface area contributed by atoms with Gasteiger partial charge in [-0.15, -0.1) is 11.3 Å². The zero-order valence-electron chi connectivity index (χ0n) is 11.5. The Balaban J connectivity index is 1.61. The van der Waals surface area contributed by atoms with Crippen molar-refractivity contribution < 1.29 is 4.79 Å². The molecule has 0 bridgehead atoms. The Morgan fingerprint density at radius 3 is 2.74 bits per heavy atom. The van der Waals surface area contributed by atoms with Crippen molar-refractivity contribution in [1.29, 1.82) is 0 Å². The predicted octanol–water partition coefficient (Wildman–Crippen LogP) is 2.68. The number of nitrogens with zero attached hydrogens (tertiary/aromatic N) is 1. The first kappa shape index (κ1) is 11.9. The van der Waals surface area contributed by atoms with Crippen molar-refractivity contribution in [3.8, 4) is 0 Å². The molecule has 4 rings (SSSR count). The van der Waals surface area contributed by atoms with Crippen molar-refractivity contribution in [1.82, 2.24) is 10.2 Å². The van der Waals surface area contributed by atoms with Crippen LogP contribution in [0.5, 0.6) is 0 Å². The fraction of sp³-hybridized carbons (Fsp3) is 0.667. The molecule has 0 aromatic carbocycles. The molecule has 1 aromatic heterocycles. The molecule has 3 aliphatic rings. The molecule has 1 amide bonds. The van der Waals surface area contributed by atoms with E-state index in [1.54, 1.807) is 0 Å². The van der Waals surface area contributed by atoms with Gasteiger partial charge in [0.2, 0.25) is 5.91 Å². The first-order valence-corrected chi connectivity index (χ1v) is 8.06. The summed E-state index contributed by atoms with van der Waals surface area (Å²) in [4.78, 5) is 17.4. The van der Waals surface area contributed by atoms with Crippen molar-refractivity contribution in [3.05, 3.63) is 21.9 Å². The lowest BCUT2D eigenvalue weighted by atomic mass is 10.2. The SMILES string of the molecule is Cc1ccc(C2NC3(CC3)C(=O)N2CC2CC2C)s1. The standard InChI is InChI=1S/C15H20N2OS/c1-9-7-11(9)8-17-13(12-4-3-10(2)19-12)16-15(5-6-15)14(17)18/h3-4,9,11,13,16H,5-8H2,1-2H3. The summed E-state index contributed by atoms with van der Waals surface area (Å²) in [5.41, 5.74) is -0.194. The van der Waals surface area contributed by atoms with E-state index in [0.29, 0.717) is 5.91 Å². The van der Waals surface area contributed by atoms with Crippen molar-refractivity contribution in [2.75, 3.05) is 6.54 Å². The van der Waals surface area contributed by atoms with Gasteiger partial charge in [0.15, 0.2) is 0 Å². The van der Waals surface area contributed by atoms with Gasteiger partial charge in [0, 0.05) is 16.3 Å². The minimum absolute atomic E-state index is 0.126. The van der Waals surface area contributed by atoms with E-state index < -0.39 is 0 Å². The highest BCUT2D eigenvalue weighted by Gasteiger charge is 2.60.